The van der Waals surface area contributed by atoms with Gasteiger partial charge in [0.25, 0.3) is 0 Å². The highest BCUT2D eigenvalue weighted by Gasteiger charge is 2.44. The van der Waals surface area contributed by atoms with Gasteiger partial charge in [0, 0.05) is 0 Å². The number of nitrogens with zero attached hydrogens (tertiary/aromatic N) is 1. The zero-order chi connectivity index (χ0) is 15.3. The molecule has 0 aliphatic heterocycles. The number of carbonyl (C=O) groups is 1. The summed E-state index contributed by atoms with van der Waals surface area (Å²) in [6, 6.07) is 16.0. The minimum Gasteiger partial charge on any atom is -0.464 e. The molecule has 0 saturated heterocycles. The molecule has 2 rings (SSSR count). The molecular formula is C17H14FNO2. The first kappa shape index (κ1) is 14.7. The minimum atomic E-state index is -1.59. The van der Waals surface area contributed by atoms with Crippen LogP contribution in [-0.2, 0) is 14.9 Å². The van der Waals surface area contributed by atoms with Gasteiger partial charge < -0.3 is 4.74 Å². The van der Waals surface area contributed by atoms with Gasteiger partial charge >= 0.3 is 5.97 Å². The van der Waals surface area contributed by atoms with E-state index in [1.54, 1.807) is 37.3 Å². The molecule has 0 aliphatic rings. The summed E-state index contributed by atoms with van der Waals surface area (Å²) in [7, 11) is 0. The van der Waals surface area contributed by atoms with E-state index in [2.05, 4.69) is 6.07 Å². The standard InChI is InChI=1S/C17H14FNO2/c1-2-21-16(20)17(12-19,13-6-4-3-5-7-13)14-8-10-15(18)11-9-14/h3-11H,2H2,1H3. The number of hydrogen-bond donors (Lipinski definition) is 0. The van der Waals surface area contributed by atoms with Gasteiger partial charge in [-0.05, 0) is 30.2 Å². The molecule has 0 heterocycles. The number of halogens is 1. The normalized spacial score (nSPS) is 13.0. The van der Waals surface area contributed by atoms with Crippen molar-refractivity contribution in [3.05, 3.63) is 71.5 Å². The average molecular weight is 283 g/mol. The lowest BCUT2D eigenvalue weighted by molar-refractivity contribution is -0.146. The highest BCUT2D eigenvalue weighted by Crippen LogP contribution is 2.33. The van der Waals surface area contributed by atoms with Crippen LogP contribution >= 0.6 is 0 Å². The maximum atomic E-state index is 13.1. The lowest BCUT2D eigenvalue weighted by atomic mass is 9.75. The van der Waals surface area contributed by atoms with Crippen LogP contribution in [0.25, 0.3) is 0 Å². The van der Waals surface area contributed by atoms with Crippen LogP contribution in [0.2, 0.25) is 0 Å². The van der Waals surface area contributed by atoms with E-state index in [1.165, 1.54) is 24.3 Å². The number of hydrogen-bond acceptors (Lipinski definition) is 3. The summed E-state index contributed by atoms with van der Waals surface area (Å²) in [6.45, 7) is 1.84. The van der Waals surface area contributed by atoms with Crippen molar-refractivity contribution in [1.29, 1.82) is 5.26 Å². The summed E-state index contributed by atoms with van der Waals surface area (Å²) in [5, 5.41) is 9.71. The molecule has 0 saturated carbocycles. The molecule has 0 spiro atoms. The van der Waals surface area contributed by atoms with Crippen molar-refractivity contribution in [1.82, 2.24) is 0 Å². The molecule has 1 unspecified atom stereocenters. The van der Waals surface area contributed by atoms with Crippen molar-refractivity contribution in [2.24, 2.45) is 0 Å². The van der Waals surface area contributed by atoms with Crippen molar-refractivity contribution >= 4 is 5.97 Å². The minimum absolute atomic E-state index is 0.163. The Morgan fingerprint density at radius 1 is 1.14 bits per heavy atom. The van der Waals surface area contributed by atoms with Crippen LogP contribution in [0.5, 0.6) is 0 Å². The maximum absolute atomic E-state index is 13.1. The quantitative estimate of drug-likeness (QED) is 0.810. The third-order valence-electron chi connectivity index (χ3n) is 3.23. The number of nitriles is 1. The second-order valence-corrected chi connectivity index (χ2v) is 4.46. The highest BCUT2D eigenvalue weighted by atomic mass is 19.1. The highest BCUT2D eigenvalue weighted by molar-refractivity contribution is 5.91. The molecule has 0 aliphatic carbocycles. The molecule has 0 radical (unpaired) electrons. The zero-order valence-corrected chi connectivity index (χ0v) is 11.5. The van der Waals surface area contributed by atoms with Crippen LogP contribution in [-0.4, -0.2) is 12.6 Å². The van der Waals surface area contributed by atoms with Crippen LogP contribution in [0.4, 0.5) is 4.39 Å². The van der Waals surface area contributed by atoms with E-state index in [0.29, 0.717) is 11.1 Å². The van der Waals surface area contributed by atoms with Crippen LogP contribution < -0.4 is 0 Å². The number of benzene rings is 2. The van der Waals surface area contributed by atoms with Crippen LogP contribution in [0.3, 0.4) is 0 Å². The van der Waals surface area contributed by atoms with Crippen molar-refractivity contribution < 1.29 is 13.9 Å². The monoisotopic (exact) mass is 283 g/mol. The average Bonchev–Trinajstić information content (AvgIpc) is 2.52. The van der Waals surface area contributed by atoms with Gasteiger partial charge in [0.15, 0.2) is 0 Å². The van der Waals surface area contributed by atoms with Gasteiger partial charge in [-0.25, -0.2) is 9.18 Å². The van der Waals surface area contributed by atoms with E-state index in [9.17, 15) is 14.4 Å². The summed E-state index contributed by atoms with van der Waals surface area (Å²) in [4.78, 5) is 12.4. The lowest BCUT2D eigenvalue weighted by Crippen LogP contribution is -2.37. The summed E-state index contributed by atoms with van der Waals surface area (Å²) >= 11 is 0. The van der Waals surface area contributed by atoms with Gasteiger partial charge in [0.2, 0.25) is 5.41 Å². The molecule has 2 aromatic carbocycles. The fourth-order valence-electron chi connectivity index (χ4n) is 2.20. The Hall–Kier alpha value is -2.67. The predicted molar refractivity (Wildman–Crippen MR) is 75.9 cm³/mol. The maximum Gasteiger partial charge on any atom is 0.335 e. The molecule has 3 nitrogen and oxygen atoms in total. The first-order valence-electron chi connectivity index (χ1n) is 6.55. The number of rotatable bonds is 4. The lowest BCUT2D eigenvalue weighted by Gasteiger charge is -2.25. The van der Waals surface area contributed by atoms with Crippen molar-refractivity contribution in [2.75, 3.05) is 6.61 Å². The van der Waals surface area contributed by atoms with Crippen LogP contribution in [0.1, 0.15) is 18.1 Å². The van der Waals surface area contributed by atoms with Crippen molar-refractivity contribution in [3.63, 3.8) is 0 Å². The Kier molecular flexibility index (Phi) is 4.34. The molecule has 21 heavy (non-hydrogen) atoms. The van der Waals surface area contributed by atoms with Crippen LogP contribution in [0.15, 0.2) is 54.6 Å². The van der Waals surface area contributed by atoms with Gasteiger partial charge in [-0.3, -0.25) is 0 Å². The predicted octanol–water partition coefficient (Wildman–Crippen LogP) is 3.20. The molecule has 0 fully saturated rings. The first-order chi connectivity index (χ1) is 10.1. The fourth-order valence-corrected chi connectivity index (χ4v) is 2.20. The SMILES string of the molecule is CCOC(=O)C(C#N)(c1ccccc1)c1ccc(F)cc1. The fraction of sp³-hybridized carbons (Fsp3) is 0.176. The summed E-state index contributed by atoms with van der Waals surface area (Å²) in [6.07, 6.45) is 0. The Labute approximate surface area is 122 Å². The van der Waals surface area contributed by atoms with E-state index in [1.807, 2.05) is 0 Å². The molecule has 2 aromatic rings. The van der Waals surface area contributed by atoms with Gasteiger partial charge in [-0.15, -0.1) is 0 Å². The number of esters is 1. The Morgan fingerprint density at radius 3 is 2.24 bits per heavy atom. The molecule has 0 amide bonds. The third-order valence-corrected chi connectivity index (χ3v) is 3.23. The summed E-state index contributed by atoms with van der Waals surface area (Å²) in [5.41, 5.74) is -0.709. The molecular weight excluding hydrogens is 269 g/mol. The van der Waals surface area contributed by atoms with Crippen LogP contribution in [0, 0.1) is 17.1 Å². The van der Waals surface area contributed by atoms with E-state index in [0.717, 1.165) is 0 Å². The Morgan fingerprint density at radius 2 is 1.71 bits per heavy atom. The van der Waals surface area contributed by atoms with Gasteiger partial charge in [0.05, 0.1) is 12.7 Å². The van der Waals surface area contributed by atoms with E-state index in [4.69, 9.17) is 4.74 Å². The molecule has 0 bridgehead atoms. The smallest absolute Gasteiger partial charge is 0.335 e. The van der Waals surface area contributed by atoms with E-state index in [-0.39, 0.29) is 6.61 Å². The largest absolute Gasteiger partial charge is 0.464 e. The van der Waals surface area contributed by atoms with Gasteiger partial charge in [-0.1, -0.05) is 42.5 Å². The number of carbonyl (C=O) groups excluding carboxylic acids is 1. The topological polar surface area (TPSA) is 50.1 Å². The molecule has 106 valence electrons. The molecule has 0 aromatic heterocycles. The van der Waals surface area contributed by atoms with Gasteiger partial charge in [-0.2, -0.15) is 5.26 Å². The molecule has 1 atom stereocenters. The van der Waals surface area contributed by atoms with Gasteiger partial charge in [0.1, 0.15) is 5.82 Å². The zero-order valence-electron chi connectivity index (χ0n) is 11.5. The third kappa shape index (κ3) is 2.63. The first-order valence-corrected chi connectivity index (χ1v) is 6.55. The van der Waals surface area contributed by atoms with E-state index >= 15 is 0 Å². The second kappa shape index (κ2) is 6.19. The Bertz CT molecular complexity index is 661. The summed E-state index contributed by atoms with van der Waals surface area (Å²) in [5.74, 6) is -1.09. The second-order valence-electron chi connectivity index (χ2n) is 4.46. The molecule has 0 N–H and O–H groups in total. The Balaban J connectivity index is 2.66. The van der Waals surface area contributed by atoms with Crippen molar-refractivity contribution in [2.45, 2.75) is 12.3 Å². The van der Waals surface area contributed by atoms with Crippen molar-refractivity contribution in [3.8, 4) is 6.07 Å². The molecule has 4 heteroatoms. The summed E-state index contributed by atoms with van der Waals surface area (Å²) < 4.78 is 18.2. The number of ether oxygens (including phenoxy) is 1. The van der Waals surface area contributed by atoms with E-state index < -0.39 is 17.2 Å².